The third kappa shape index (κ3) is 6.57. The summed E-state index contributed by atoms with van der Waals surface area (Å²) in [7, 11) is 0. The van der Waals surface area contributed by atoms with Crippen molar-refractivity contribution in [3.63, 3.8) is 0 Å². The lowest BCUT2D eigenvalue weighted by Crippen LogP contribution is -2.34. The molecule has 0 aliphatic heterocycles. The number of thiocarbonyl (C=S) groups is 1. The van der Waals surface area contributed by atoms with Gasteiger partial charge >= 0.3 is 0 Å². The molecular weight excluding hydrogens is 386 g/mol. The van der Waals surface area contributed by atoms with Gasteiger partial charge in [-0.1, -0.05) is 19.9 Å². The molecule has 0 aliphatic carbocycles. The molecule has 0 aliphatic rings. The molecule has 0 fully saturated rings. The highest BCUT2D eigenvalue weighted by molar-refractivity contribution is 7.80. The third-order valence-electron chi connectivity index (χ3n) is 4.43. The molecular formula is C22H27N3O3S. The fraction of sp³-hybridized carbons (Fsp3) is 0.318. The molecule has 3 N–H and O–H groups in total. The highest BCUT2D eigenvalue weighted by Gasteiger charge is 2.11. The van der Waals surface area contributed by atoms with Crippen molar-refractivity contribution in [2.24, 2.45) is 0 Å². The summed E-state index contributed by atoms with van der Waals surface area (Å²) in [6.45, 7) is 7.71. The first-order valence-corrected chi connectivity index (χ1v) is 10.0. The van der Waals surface area contributed by atoms with Crippen LogP contribution in [0.15, 0.2) is 42.5 Å². The van der Waals surface area contributed by atoms with Crippen molar-refractivity contribution in [1.82, 2.24) is 5.32 Å². The van der Waals surface area contributed by atoms with Crippen molar-refractivity contribution in [3.8, 4) is 5.75 Å². The molecule has 1 atom stereocenters. The largest absolute Gasteiger partial charge is 0.491 e. The van der Waals surface area contributed by atoms with Crippen molar-refractivity contribution in [1.29, 1.82) is 0 Å². The number of hydrogen-bond donors (Lipinski definition) is 3. The summed E-state index contributed by atoms with van der Waals surface area (Å²) in [5, 5.41) is 8.70. The Bertz CT molecular complexity index is 881. The minimum absolute atomic E-state index is 0.0677. The van der Waals surface area contributed by atoms with E-state index < -0.39 is 0 Å². The summed E-state index contributed by atoms with van der Waals surface area (Å²) < 4.78 is 5.72. The van der Waals surface area contributed by atoms with Crippen molar-refractivity contribution < 1.29 is 14.3 Å². The molecule has 6 nitrogen and oxygen atoms in total. The second-order valence-electron chi connectivity index (χ2n) is 6.65. The van der Waals surface area contributed by atoms with Gasteiger partial charge in [-0.15, -0.1) is 0 Å². The van der Waals surface area contributed by atoms with Crippen molar-refractivity contribution in [2.45, 2.75) is 46.6 Å². The number of benzene rings is 2. The fourth-order valence-corrected chi connectivity index (χ4v) is 2.68. The van der Waals surface area contributed by atoms with Crippen LogP contribution in [0.1, 0.15) is 49.5 Å². The van der Waals surface area contributed by atoms with Crippen LogP contribution in [-0.2, 0) is 4.79 Å². The Balaban J connectivity index is 1.99. The number of carbonyl (C=O) groups is 2. The van der Waals surface area contributed by atoms with E-state index in [1.54, 1.807) is 37.3 Å². The number of hydrogen-bond acceptors (Lipinski definition) is 4. The smallest absolute Gasteiger partial charge is 0.257 e. The standard InChI is InChI=1S/C22H27N3O3S/c1-5-14(3)28-17-12-10-16(11-13-17)21(27)25-22(29)24-19-9-7-8-18(15(19)4)23-20(26)6-2/h7-14H,5-6H2,1-4H3,(H,23,26)(H2,24,25,27,29). The quantitative estimate of drug-likeness (QED) is 0.576. The molecule has 29 heavy (non-hydrogen) atoms. The van der Waals surface area contributed by atoms with Crippen LogP contribution in [0.2, 0.25) is 0 Å². The first kappa shape index (κ1) is 22.4. The summed E-state index contributed by atoms with van der Waals surface area (Å²) in [5.41, 5.74) is 2.72. The topological polar surface area (TPSA) is 79.5 Å². The molecule has 0 saturated carbocycles. The second kappa shape index (κ2) is 10.6. The van der Waals surface area contributed by atoms with Gasteiger partial charge < -0.3 is 15.4 Å². The monoisotopic (exact) mass is 413 g/mol. The van der Waals surface area contributed by atoms with E-state index in [1.807, 2.05) is 26.0 Å². The van der Waals surface area contributed by atoms with E-state index in [1.165, 1.54) is 0 Å². The summed E-state index contributed by atoms with van der Waals surface area (Å²) in [5.74, 6) is 0.339. The maximum Gasteiger partial charge on any atom is 0.257 e. The van der Waals surface area contributed by atoms with E-state index in [4.69, 9.17) is 17.0 Å². The molecule has 2 rings (SSSR count). The normalized spacial score (nSPS) is 11.3. The summed E-state index contributed by atoms with van der Waals surface area (Å²) in [6, 6.07) is 12.4. The van der Waals surface area contributed by atoms with Gasteiger partial charge in [0.1, 0.15) is 5.75 Å². The average molecular weight is 414 g/mol. The van der Waals surface area contributed by atoms with Gasteiger partial charge in [0.2, 0.25) is 5.91 Å². The Morgan fingerprint density at radius 2 is 1.66 bits per heavy atom. The molecule has 0 radical (unpaired) electrons. The van der Waals surface area contributed by atoms with Crippen molar-refractivity contribution in [3.05, 3.63) is 53.6 Å². The molecule has 2 aromatic rings. The van der Waals surface area contributed by atoms with Crippen LogP contribution in [0.4, 0.5) is 11.4 Å². The van der Waals surface area contributed by atoms with E-state index in [2.05, 4.69) is 22.9 Å². The lowest BCUT2D eigenvalue weighted by molar-refractivity contribution is -0.115. The van der Waals surface area contributed by atoms with Crippen LogP contribution in [0.25, 0.3) is 0 Å². The van der Waals surface area contributed by atoms with E-state index in [9.17, 15) is 9.59 Å². The highest BCUT2D eigenvalue weighted by atomic mass is 32.1. The van der Waals surface area contributed by atoms with Crippen LogP contribution < -0.4 is 20.7 Å². The number of nitrogens with one attached hydrogen (secondary N) is 3. The third-order valence-corrected chi connectivity index (χ3v) is 4.64. The molecule has 0 bridgehead atoms. The predicted molar refractivity (Wildman–Crippen MR) is 121 cm³/mol. The van der Waals surface area contributed by atoms with Crippen LogP contribution in [0, 0.1) is 6.92 Å². The average Bonchev–Trinajstić information content (AvgIpc) is 2.71. The summed E-state index contributed by atoms with van der Waals surface area (Å²) in [6.07, 6.45) is 1.42. The zero-order valence-corrected chi connectivity index (χ0v) is 18.0. The maximum atomic E-state index is 12.4. The Morgan fingerprint density at radius 1 is 1.03 bits per heavy atom. The zero-order valence-electron chi connectivity index (χ0n) is 17.2. The van der Waals surface area contributed by atoms with Gasteiger partial charge in [0.25, 0.3) is 5.91 Å². The predicted octanol–water partition coefficient (Wildman–Crippen LogP) is 4.65. The van der Waals surface area contributed by atoms with Gasteiger partial charge in [0.05, 0.1) is 6.10 Å². The van der Waals surface area contributed by atoms with Crippen LogP contribution in [-0.4, -0.2) is 23.0 Å². The number of rotatable bonds is 7. The number of amides is 2. The summed E-state index contributed by atoms with van der Waals surface area (Å²) in [4.78, 5) is 24.1. The van der Waals surface area contributed by atoms with Gasteiger partial charge in [-0.2, -0.15) is 0 Å². The maximum absolute atomic E-state index is 12.4. The lowest BCUT2D eigenvalue weighted by Gasteiger charge is -2.15. The first-order valence-electron chi connectivity index (χ1n) is 9.62. The Hall–Kier alpha value is -2.93. The van der Waals surface area contributed by atoms with Gasteiger partial charge in [-0.25, -0.2) is 0 Å². The number of carbonyl (C=O) groups excluding carboxylic acids is 2. The fourth-order valence-electron chi connectivity index (χ4n) is 2.47. The van der Waals surface area contributed by atoms with Crippen LogP contribution in [0.5, 0.6) is 5.75 Å². The second-order valence-corrected chi connectivity index (χ2v) is 7.06. The van der Waals surface area contributed by atoms with E-state index in [-0.39, 0.29) is 23.0 Å². The Labute approximate surface area is 177 Å². The van der Waals surface area contributed by atoms with E-state index >= 15 is 0 Å². The molecule has 0 aromatic heterocycles. The highest BCUT2D eigenvalue weighted by Crippen LogP contribution is 2.23. The van der Waals surface area contributed by atoms with E-state index in [0.29, 0.717) is 23.4 Å². The minimum Gasteiger partial charge on any atom is -0.491 e. The molecule has 7 heteroatoms. The SMILES string of the molecule is CCC(=O)Nc1cccc(NC(=S)NC(=O)c2ccc(OC(C)CC)cc2)c1C. The molecule has 154 valence electrons. The molecule has 1 unspecified atom stereocenters. The Kier molecular flexibility index (Phi) is 8.15. The zero-order chi connectivity index (χ0) is 21.4. The van der Waals surface area contributed by atoms with Gasteiger partial charge in [-0.3, -0.25) is 14.9 Å². The molecule has 0 saturated heterocycles. The van der Waals surface area contributed by atoms with Gasteiger partial charge in [0, 0.05) is 23.4 Å². The van der Waals surface area contributed by atoms with Gasteiger partial charge in [0.15, 0.2) is 5.11 Å². The molecule has 2 amide bonds. The first-order chi connectivity index (χ1) is 13.8. The minimum atomic E-state index is -0.314. The molecule has 2 aromatic carbocycles. The molecule has 0 heterocycles. The molecule has 0 spiro atoms. The van der Waals surface area contributed by atoms with Crippen molar-refractivity contribution in [2.75, 3.05) is 10.6 Å². The van der Waals surface area contributed by atoms with Crippen LogP contribution in [0.3, 0.4) is 0 Å². The summed E-state index contributed by atoms with van der Waals surface area (Å²) >= 11 is 5.27. The lowest BCUT2D eigenvalue weighted by atomic mass is 10.1. The van der Waals surface area contributed by atoms with Crippen LogP contribution >= 0.6 is 12.2 Å². The van der Waals surface area contributed by atoms with Gasteiger partial charge in [-0.05, 0) is 74.4 Å². The number of ether oxygens (including phenoxy) is 1. The van der Waals surface area contributed by atoms with Crippen molar-refractivity contribution >= 4 is 40.5 Å². The number of anilines is 2. The Morgan fingerprint density at radius 3 is 2.24 bits per heavy atom. The van der Waals surface area contributed by atoms with E-state index in [0.717, 1.165) is 17.7 Å².